The molecule has 1 aliphatic carbocycles. The number of hydrogen-bond donors (Lipinski definition) is 2. The monoisotopic (exact) mass is 349 g/mol. The van der Waals surface area contributed by atoms with Crippen molar-refractivity contribution in [2.75, 3.05) is 13.2 Å². The van der Waals surface area contributed by atoms with Gasteiger partial charge in [-0.15, -0.1) is 0 Å². The molecule has 128 valence electrons. The molecule has 3 rings (SSSR count). The average molecular weight is 350 g/mol. The van der Waals surface area contributed by atoms with Crippen molar-refractivity contribution in [2.45, 2.75) is 32.1 Å². The van der Waals surface area contributed by atoms with Crippen molar-refractivity contribution in [2.24, 2.45) is 5.41 Å². The van der Waals surface area contributed by atoms with Crippen LogP contribution in [0.25, 0.3) is 11.4 Å². The lowest BCUT2D eigenvalue weighted by atomic mass is 10.1. The van der Waals surface area contributed by atoms with Crippen LogP contribution in [0.5, 0.6) is 0 Å². The van der Waals surface area contributed by atoms with Gasteiger partial charge in [0.1, 0.15) is 0 Å². The molecule has 1 amide bonds. The van der Waals surface area contributed by atoms with Gasteiger partial charge >= 0.3 is 0 Å². The molecule has 0 radical (unpaired) electrons. The maximum atomic E-state index is 11.8. The van der Waals surface area contributed by atoms with E-state index in [0.29, 0.717) is 42.5 Å². The molecule has 1 saturated carbocycles. The molecule has 0 bridgehead atoms. The van der Waals surface area contributed by atoms with Crippen LogP contribution in [0, 0.1) is 5.41 Å². The van der Waals surface area contributed by atoms with E-state index in [4.69, 9.17) is 16.1 Å². The molecule has 0 unspecified atom stereocenters. The number of amides is 1. The maximum Gasteiger partial charge on any atom is 0.226 e. The molecule has 2 N–H and O–H groups in total. The molecule has 1 aromatic heterocycles. The van der Waals surface area contributed by atoms with Crippen molar-refractivity contribution in [1.29, 1.82) is 0 Å². The molecule has 0 atom stereocenters. The molecule has 24 heavy (non-hydrogen) atoms. The van der Waals surface area contributed by atoms with Crippen molar-refractivity contribution in [3.63, 3.8) is 0 Å². The molecule has 0 spiro atoms. The summed E-state index contributed by atoms with van der Waals surface area (Å²) in [7, 11) is 0. The molecule has 1 aliphatic rings. The van der Waals surface area contributed by atoms with Crippen LogP contribution < -0.4 is 5.32 Å². The molecule has 1 heterocycles. The standard InChI is InChI=1S/C17H20ClN3O3/c18-13-6-4-12(5-7-13)16-20-15(24-21-16)3-1-2-14(23)19-10-17(11-22)8-9-17/h4-7,22H,1-3,8-11H2,(H,19,23). The van der Waals surface area contributed by atoms with Gasteiger partial charge in [-0.2, -0.15) is 4.98 Å². The number of nitrogens with one attached hydrogen (secondary N) is 1. The molecule has 2 aromatic rings. The number of aliphatic hydroxyl groups is 1. The third-order valence-electron chi connectivity index (χ3n) is 4.32. The summed E-state index contributed by atoms with van der Waals surface area (Å²) in [6.07, 6.45) is 3.57. The van der Waals surface area contributed by atoms with E-state index >= 15 is 0 Å². The van der Waals surface area contributed by atoms with Crippen LogP contribution in [-0.4, -0.2) is 34.3 Å². The Morgan fingerprint density at radius 1 is 1.33 bits per heavy atom. The Morgan fingerprint density at radius 3 is 2.75 bits per heavy atom. The fraction of sp³-hybridized carbons (Fsp3) is 0.471. The molecule has 1 aromatic carbocycles. The van der Waals surface area contributed by atoms with Gasteiger partial charge < -0.3 is 14.9 Å². The first-order valence-corrected chi connectivity index (χ1v) is 8.44. The Labute approximate surface area is 145 Å². The second-order valence-electron chi connectivity index (χ2n) is 6.31. The van der Waals surface area contributed by atoms with Gasteiger partial charge in [0, 0.05) is 35.4 Å². The summed E-state index contributed by atoms with van der Waals surface area (Å²) in [5, 5.41) is 16.7. The van der Waals surface area contributed by atoms with E-state index in [2.05, 4.69) is 15.5 Å². The number of hydrogen-bond acceptors (Lipinski definition) is 5. The van der Waals surface area contributed by atoms with Gasteiger partial charge in [0.15, 0.2) is 0 Å². The first-order chi connectivity index (χ1) is 11.6. The fourth-order valence-corrected chi connectivity index (χ4v) is 2.54. The second kappa shape index (κ2) is 7.32. The zero-order chi connectivity index (χ0) is 17.0. The first-order valence-electron chi connectivity index (χ1n) is 8.06. The molecule has 6 nitrogen and oxygen atoms in total. The summed E-state index contributed by atoms with van der Waals surface area (Å²) in [4.78, 5) is 16.1. The van der Waals surface area contributed by atoms with E-state index in [-0.39, 0.29) is 17.9 Å². The van der Waals surface area contributed by atoms with Gasteiger partial charge in [0.25, 0.3) is 0 Å². The third kappa shape index (κ3) is 4.33. The van der Waals surface area contributed by atoms with E-state index in [9.17, 15) is 9.90 Å². The number of carbonyl (C=O) groups is 1. The summed E-state index contributed by atoms with van der Waals surface area (Å²) in [6.45, 7) is 0.701. The summed E-state index contributed by atoms with van der Waals surface area (Å²) in [5.41, 5.74) is 0.779. The zero-order valence-electron chi connectivity index (χ0n) is 13.3. The minimum atomic E-state index is -0.0599. The summed E-state index contributed by atoms with van der Waals surface area (Å²) >= 11 is 5.85. The molecule has 7 heteroatoms. The van der Waals surface area contributed by atoms with Crippen LogP contribution in [0.4, 0.5) is 0 Å². The van der Waals surface area contributed by atoms with Gasteiger partial charge in [-0.1, -0.05) is 16.8 Å². The van der Waals surface area contributed by atoms with E-state index in [0.717, 1.165) is 18.4 Å². The normalized spacial score (nSPS) is 15.2. The first kappa shape index (κ1) is 16.9. The molecule has 0 saturated heterocycles. The van der Waals surface area contributed by atoms with Crippen LogP contribution in [0.3, 0.4) is 0 Å². The topological polar surface area (TPSA) is 88.2 Å². The van der Waals surface area contributed by atoms with Crippen molar-refractivity contribution < 1.29 is 14.4 Å². The van der Waals surface area contributed by atoms with Crippen LogP contribution in [0.1, 0.15) is 31.6 Å². The highest BCUT2D eigenvalue weighted by Gasteiger charge is 2.41. The number of carbonyl (C=O) groups excluding carboxylic acids is 1. The Bertz CT molecular complexity index is 695. The maximum absolute atomic E-state index is 11.8. The second-order valence-corrected chi connectivity index (χ2v) is 6.74. The van der Waals surface area contributed by atoms with Crippen LogP contribution in [0.15, 0.2) is 28.8 Å². The highest BCUT2D eigenvalue weighted by Crippen LogP contribution is 2.44. The number of aryl methyl sites for hydroxylation is 1. The summed E-state index contributed by atoms with van der Waals surface area (Å²) < 4.78 is 5.21. The minimum Gasteiger partial charge on any atom is -0.396 e. The Kier molecular flexibility index (Phi) is 5.16. The molecule has 0 aliphatic heterocycles. The van der Waals surface area contributed by atoms with Crippen molar-refractivity contribution in [1.82, 2.24) is 15.5 Å². The predicted octanol–water partition coefficient (Wildman–Crippen LogP) is 2.60. The van der Waals surface area contributed by atoms with E-state index in [1.165, 1.54) is 0 Å². The Hall–Kier alpha value is -1.92. The number of aromatic nitrogens is 2. The largest absolute Gasteiger partial charge is 0.396 e. The summed E-state index contributed by atoms with van der Waals surface area (Å²) in [5.74, 6) is 1.03. The smallest absolute Gasteiger partial charge is 0.226 e. The zero-order valence-corrected chi connectivity index (χ0v) is 14.1. The number of halogens is 1. The predicted molar refractivity (Wildman–Crippen MR) is 89.4 cm³/mol. The van der Waals surface area contributed by atoms with E-state index in [1.807, 2.05) is 12.1 Å². The van der Waals surface area contributed by atoms with Crippen LogP contribution in [0.2, 0.25) is 5.02 Å². The number of benzene rings is 1. The average Bonchev–Trinajstić information content (AvgIpc) is 3.23. The van der Waals surface area contributed by atoms with Crippen LogP contribution >= 0.6 is 11.6 Å². The van der Waals surface area contributed by atoms with Gasteiger partial charge in [-0.25, -0.2) is 0 Å². The fourth-order valence-electron chi connectivity index (χ4n) is 2.41. The van der Waals surface area contributed by atoms with Gasteiger partial charge in [-0.3, -0.25) is 4.79 Å². The lowest BCUT2D eigenvalue weighted by molar-refractivity contribution is -0.121. The van der Waals surface area contributed by atoms with Crippen molar-refractivity contribution >= 4 is 17.5 Å². The van der Waals surface area contributed by atoms with Gasteiger partial charge in [0.05, 0.1) is 6.61 Å². The number of nitrogens with zero attached hydrogens (tertiary/aromatic N) is 2. The lowest BCUT2D eigenvalue weighted by Crippen LogP contribution is -2.31. The SMILES string of the molecule is O=C(CCCc1nc(-c2ccc(Cl)cc2)no1)NCC1(CO)CC1. The highest BCUT2D eigenvalue weighted by molar-refractivity contribution is 6.30. The number of aliphatic hydroxyl groups excluding tert-OH is 1. The third-order valence-corrected chi connectivity index (χ3v) is 4.57. The molecule has 1 fully saturated rings. The highest BCUT2D eigenvalue weighted by atomic mass is 35.5. The minimum absolute atomic E-state index is 0.00725. The van der Waals surface area contributed by atoms with Gasteiger partial charge in [-0.05, 0) is 43.5 Å². The lowest BCUT2D eigenvalue weighted by Gasteiger charge is -2.12. The van der Waals surface area contributed by atoms with E-state index in [1.54, 1.807) is 12.1 Å². The van der Waals surface area contributed by atoms with Crippen LogP contribution in [-0.2, 0) is 11.2 Å². The number of rotatable bonds is 8. The quantitative estimate of drug-likeness (QED) is 0.764. The van der Waals surface area contributed by atoms with E-state index < -0.39 is 0 Å². The van der Waals surface area contributed by atoms with Crippen molar-refractivity contribution in [3.8, 4) is 11.4 Å². The Balaban J connectivity index is 1.42. The van der Waals surface area contributed by atoms with Gasteiger partial charge in [0.2, 0.25) is 17.6 Å². The van der Waals surface area contributed by atoms with Crippen molar-refractivity contribution in [3.05, 3.63) is 35.2 Å². The molecular formula is C17H20ClN3O3. The molecular weight excluding hydrogens is 330 g/mol. The Morgan fingerprint density at radius 2 is 2.08 bits per heavy atom. The summed E-state index contributed by atoms with van der Waals surface area (Å²) in [6, 6.07) is 7.21.